The van der Waals surface area contributed by atoms with E-state index in [1.165, 1.54) is 0 Å². The van der Waals surface area contributed by atoms with Gasteiger partial charge in [0.1, 0.15) is 6.07 Å². The van der Waals surface area contributed by atoms with E-state index in [0.29, 0.717) is 24.0 Å². The number of likely N-dealkylation sites (tertiary alicyclic amines) is 1. The number of Topliss-reactive ketones (excluding diaryl/α,β-unsaturated/α-hetero) is 3. The van der Waals surface area contributed by atoms with Crippen LogP contribution in [0, 0.1) is 16.7 Å². The fraction of sp³-hybridized carbons (Fsp3) is 0.556. The van der Waals surface area contributed by atoms with Crippen molar-refractivity contribution in [3.05, 3.63) is 22.4 Å². The summed E-state index contributed by atoms with van der Waals surface area (Å²) in [6.07, 6.45) is 1.22. The van der Waals surface area contributed by atoms with Crippen LogP contribution in [0.25, 0.3) is 0 Å². The Labute approximate surface area is 140 Å². The average molecular weight is 328 g/mol. The van der Waals surface area contributed by atoms with Crippen molar-refractivity contribution in [3.63, 3.8) is 0 Å². The first-order valence-corrected chi connectivity index (χ1v) is 8.19. The highest BCUT2D eigenvalue weighted by atomic mass is 16.3. The summed E-state index contributed by atoms with van der Waals surface area (Å²) in [7, 11) is 0. The summed E-state index contributed by atoms with van der Waals surface area (Å²) in [5, 5.41) is 19.3. The van der Waals surface area contributed by atoms with Crippen LogP contribution in [0.3, 0.4) is 0 Å². The van der Waals surface area contributed by atoms with Crippen LogP contribution in [0.15, 0.2) is 22.4 Å². The predicted molar refractivity (Wildman–Crippen MR) is 84.5 cm³/mol. The predicted octanol–water partition coefficient (Wildman–Crippen LogP) is 1.06. The fourth-order valence-corrected chi connectivity index (χ4v) is 3.85. The zero-order valence-corrected chi connectivity index (χ0v) is 13.9. The maximum atomic E-state index is 12.2. The molecule has 2 fully saturated rings. The Balaban J connectivity index is 2.22. The summed E-state index contributed by atoms with van der Waals surface area (Å²) in [4.78, 5) is 38.3. The van der Waals surface area contributed by atoms with Gasteiger partial charge in [0.25, 0.3) is 0 Å². The minimum absolute atomic E-state index is 0.238. The van der Waals surface area contributed by atoms with Crippen LogP contribution in [0.5, 0.6) is 0 Å². The Kier molecular flexibility index (Phi) is 3.92. The zero-order chi connectivity index (χ0) is 17.6. The molecular weight excluding hydrogens is 308 g/mol. The molecule has 0 amide bonds. The minimum Gasteiger partial charge on any atom is -0.377 e. The number of carbonyl (C=O) groups is 3. The minimum atomic E-state index is -1.92. The van der Waals surface area contributed by atoms with Crippen LogP contribution < -0.4 is 0 Å². The van der Waals surface area contributed by atoms with Gasteiger partial charge in [-0.2, -0.15) is 5.26 Å². The van der Waals surface area contributed by atoms with E-state index in [0.717, 1.165) is 31.6 Å². The number of nitriles is 1. The molecule has 6 nitrogen and oxygen atoms in total. The van der Waals surface area contributed by atoms with Crippen molar-refractivity contribution >= 4 is 17.3 Å². The summed E-state index contributed by atoms with van der Waals surface area (Å²) >= 11 is 0. The molecule has 3 rings (SSSR count). The van der Waals surface area contributed by atoms with Crippen molar-refractivity contribution in [1.29, 1.82) is 5.26 Å². The maximum absolute atomic E-state index is 12.2. The summed E-state index contributed by atoms with van der Waals surface area (Å²) in [5.41, 5.74) is 0.986. The monoisotopic (exact) mass is 328 g/mol. The van der Waals surface area contributed by atoms with Gasteiger partial charge in [-0.05, 0) is 36.7 Å². The molecule has 1 N–H and O–H groups in total. The summed E-state index contributed by atoms with van der Waals surface area (Å²) in [6.45, 7) is 5.73. The normalized spacial score (nSPS) is 30.3. The third-order valence-corrected chi connectivity index (χ3v) is 4.99. The number of carbonyl (C=O) groups excluding carboxylic acids is 3. The van der Waals surface area contributed by atoms with Crippen molar-refractivity contribution in [1.82, 2.24) is 4.90 Å². The molecule has 1 atom stereocenters. The third-order valence-electron chi connectivity index (χ3n) is 4.99. The van der Waals surface area contributed by atoms with E-state index in [1.807, 2.05) is 13.8 Å². The second kappa shape index (κ2) is 5.67. The van der Waals surface area contributed by atoms with Gasteiger partial charge in [-0.25, -0.2) is 0 Å². The SMILES string of the molecule is CC1(C)CC(N2CCCC2)=C(C#N)/C(=C2\C(=O)C(=O)C(O)C2=O)C1. The van der Waals surface area contributed by atoms with Gasteiger partial charge < -0.3 is 10.0 Å². The molecule has 1 aliphatic heterocycles. The first-order chi connectivity index (χ1) is 11.3. The summed E-state index contributed by atoms with van der Waals surface area (Å²) in [5.74, 6) is -2.93. The van der Waals surface area contributed by atoms with E-state index in [2.05, 4.69) is 11.0 Å². The Bertz CT molecular complexity index is 745. The van der Waals surface area contributed by atoms with Gasteiger partial charge in [-0.1, -0.05) is 13.8 Å². The van der Waals surface area contributed by atoms with E-state index < -0.39 is 23.5 Å². The number of rotatable bonds is 1. The highest BCUT2D eigenvalue weighted by molar-refractivity contribution is 6.61. The lowest BCUT2D eigenvalue weighted by Crippen LogP contribution is -2.31. The van der Waals surface area contributed by atoms with Gasteiger partial charge in [0.15, 0.2) is 6.10 Å². The molecule has 0 aromatic rings. The molecule has 6 heteroatoms. The lowest BCUT2D eigenvalue weighted by molar-refractivity contribution is -0.138. The molecular formula is C18H20N2O4. The van der Waals surface area contributed by atoms with Crippen LogP contribution in [0.1, 0.15) is 39.5 Å². The van der Waals surface area contributed by atoms with Gasteiger partial charge in [-0.15, -0.1) is 0 Å². The smallest absolute Gasteiger partial charge is 0.239 e. The molecule has 126 valence electrons. The molecule has 1 saturated carbocycles. The van der Waals surface area contributed by atoms with E-state index in [9.17, 15) is 24.8 Å². The number of nitrogens with zero attached hydrogens (tertiary/aromatic N) is 2. The first-order valence-electron chi connectivity index (χ1n) is 8.19. The Morgan fingerprint density at radius 3 is 2.25 bits per heavy atom. The molecule has 24 heavy (non-hydrogen) atoms. The van der Waals surface area contributed by atoms with Crippen LogP contribution in [-0.4, -0.2) is 46.5 Å². The first kappa shape index (κ1) is 16.6. The number of aliphatic hydroxyl groups excluding tert-OH is 1. The fourth-order valence-electron chi connectivity index (χ4n) is 3.85. The van der Waals surface area contributed by atoms with E-state index >= 15 is 0 Å². The van der Waals surface area contributed by atoms with Crippen molar-refractivity contribution in [2.24, 2.45) is 5.41 Å². The third kappa shape index (κ3) is 2.49. The van der Waals surface area contributed by atoms with Gasteiger partial charge in [0.2, 0.25) is 17.3 Å². The van der Waals surface area contributed by atoms with Crippen LogP contribution in [0.2, 0.25) is 0 Å². The lowest BCUT2D eigenvalue weighted by Gasteiger charge is -2.37. The van der Waals surface area contributed by atoms with Crippen molar-refractivity contribution in [2.45, 2.75) is 45.6 Å². The van der Waals surface area contributed by atoms with E-state index in [4.69, 9.17) is 0 Å². The molecule has 1 unspecified atom stereocenters. The molecule has 0 radical (unpaired) electrons. The summed E-state index contributed by atoms with van der Waals surface area (Å²) in [6, 6.07) is 2.15. The van der Waals surface area contributed by atoms with Crippen molar-refractivity contribution in [2.75, 3.05) is 13.1 Å². The molecule has 3 aliphatic rings. The molecule has 1 heterocycles. The number of allylic oxidation sites excluding steroid dienone is 3. The molecule has 0 bridgehead atoms. The lowest BCUT2D eigenvalue weighted by atomic mass is 9.72. The van der Waals surface area contributed by atoms with Crippen molar-refractivity contribution < 1.29 is 19.5 Å². The second-order valence-electron chi connectivity index (χ2n) is 7.46. The second-order valence-corrected chi connectivity index (χ2v) is 7.46. The molecule has 0 aromatic carbocycles. The van der Waals surface area contributed by atoms with Crippen molar-refractivity contribution in [3.8, 4) is 6.07 Å². The van der Waals surface area contributed by atoms with Gasteiger partial charge in [-0.3, -0.25) is 14.4 Å². The van der Waals surface area contributed by atoms with E-state index in [-0.39, 0.29) is 11.0 Å². The highest BCUT2D eigenvalue weighted by Gasteiger charge is 2.47. The van der Waals surface area contributed by atoms with Gasteiger partial charge in [0, 0.05) is 18.8 Å². The van der Waals surface area contributed by atoms with E-state index in [1.54, 1.807) is 0 Å². The average Bonchev–Trinajstić information content (AvgIpc) is 3.11. The highest BCUT2D eigenvalue weighted by Crippen LogP contribution is 2.45. The van der Waals surface area contributed by atoms with Gasteiger partial charge >= 0.3 is 0 Å². The van der Waals surface area contributed by atoms with Crippen LogP contribution >= 0.6 is 0 Å². The number of hydrogen-bond acceptors (Lipinski definition) is 6. The number of hydrogen-bond donors (Lipinski definition) is 1. The Morgan fingerprint density at radius 1 is 1.12 bits per heavy atom. The number of ketones is 3. The topological polar surface area (TPSA) is 98.5 Å². The van der Waals surface area contributed by atoms with Crippen LogP contribution in [0.4, 0.5) is 0 Å². The molecule has 0 aromatic heterocycles. The Morgan fingerprint density at radius 2 is 1.75 bits per heavy atom. The van der Waals surface area contributed by atoms with Gasteiger partial charge in [0.05, 0.1) is 11.1 Å². The van der Waals surface area contributed by atoms with Crippen LogP contribution in [-0.2, 0) is 14.4 Å². The summed E-state index contributed by atoms with van der Waals surface area (Å²) < 4.78 is 0. The largest absolute Gasteiger partial charge is 0.377 e. The quantitative estimate of drug-likeness (QED) is 0.334. The number of aliphatic hydroxyl groups is 1. The zero-order valence-electron chi connectivity index (χ0n) is 13.9. The standard InChI is InChI=1S/C18H20N2O4/c1-18(2)7-10(13-14(21)16(23)17(24)15(13)22)11(9-19)12(8-18)20-5-3-4-6-20/h16,23H,3-8H2,1-2H3/b13-10-. The Hall–Kier alpha value is -2.26. The molecule has 1 saturated heterocycles. The molecule has 2 aliphatic carbocycles. The molecule has 0 spiro atoms. The maximum Gasteiger partial charge on any atom is 0.239 e.